The zero-order chi connectivity index (χ0) is 28.2. The van der Waals surface area contributed by atoms with E-state index in [1.807, 2.05) is 54.6 Å². The van der Waals surface area contributed by atoms with E-state index in [0.717, 1.165) is 29.7 Å². The van der Waals surface area contributed by atoms with E-state index in [4.69, 9.17) is 4.84 Å². The minimum Gasteiger partial charge on any atom is -0.344 e. The van der Waals surface area contributed by atoms with E-state index in [9.17, 15) is 9.59 Å². The van der Waals surface area contributed by atoms with Crippen molar-refractivity contribution in [1.82, 2.24) is 29.7 Å². The number of nitrogens with one attached hydrogen (secondary N) is 2. The van der Waals surface area contributed by atoms with Gasteiger partial charge >= 0.3 is 6.03 Å². The number of aromatic nitrogens is 4. The Balaban J connectivity index is 1.08. The summed E-state index contributed by atoms with van der Waals surface area (Å²) in [7, 11) is 1.80. The van der Waals surface area contributed by atoms with Gasteiger partial charge in [-0.15, -0.1) is 0 Å². The summed E-state index contributed by atoms with van der Waals surface area (Å²) in [5.41, 5.74) is 4.00. The first-order valence-electron chi connectivity index (χ1n) is 13.3. The lowest BCUT2D eigenvalue weighted by Crippen LogP contribution is -2.33. The second kappa shape index (κ2) is 11.5. The van der Waals surface area contributed by atoms with Crippen LogP contribution in [0.4, 0.5) is 22.2 Å². The number of likely N-dealkylation sites (N-methyl/N-ethyl adjacent to an activating group) is 1. The molecule has 0 unspecified atom stereocenters. The van der Waals surface area contributed by atoms with Gasteiger partial charge in [0.25, 0.3) is 0 Å². The fraction of sp³-hybridized carbons (Fsp3) is 0.233. The van der Waals surface area contributed by atoms with Crippen LogP contribution in [0.15, 0.2) is 73.1 Å². The Morgan fingerprint density at radius 3 is 2.66 bits per heavy atom. The molecule has 11 nitrogen and oxygen atoms in total. The van der Waals surface area contributed by atoms with Gasteiger partial charge in [0, 0.05) is 61.8 Å². The van der Waals surface area contributed by atoms with Gasteiger partial charge in [0.1, 0.15) is 6.54 Å². The van der Waals surface area contributed by atoms with Crippen LogP contribution in [-0.4, -0.2) is 61.8 Å². The van der Waals surface area contributed by atoms with E-state index in [-0.39, 0.29) is 24.5 Å². The second-order valence-electron chi connectivity index (χ2n) is 9.80. The van der Waals surface area contributed by atoms with Crippen LogP contribution < -0.4 is 10.6 Å². The molecule has 6 rings (SSSR count). The lowest BCUT2D eigenvalue weighted by molar-refractivity contribution is -0.130. The quantitative estimate of drug-likeness (QED) is 0.373. The van der Waals surface area contributed by atoms with Crippen molar-refractivity contribution in [2.24, 2.45) is 0 Å². The molecule has 1 saturated heterocycles. The maximum Gasteiger partial charge on any atom is 0.346 e. The predicted octanol–water partition coefficient (Wildman–Crippen LogP) is 3.74. The van der Waals surface area contributed by atoms with Crippen LogP contribution in [0, 0.1) is 11.8 Å². The Morgan fingerprint density at radius 2 is 1.83 bits per heavy atom. The third-order valence-corrected chi connectivity index (χ3v) is 6.92. The van der Waals surface area contributed by atoms with Gasteiger partial charge in [-0.3, -0.25) is 14.3 Å². The molecule has 3 amide bonds. The molecule has 1 fully saturated rings. The SMILES string of the molecule is CN1CCc2cc(Nc3ncc(C#Cc4cccc(NC(=O)N5OCC[C@H]5c5ccccc5)c4)cn3)nn2CC1=O. The molecule has 2 aliphatic heterocycles. The molecular weight excluding hydrogens is 520 g/mol. The number of fused-ring (bicyclic) bond motifs is 1. The summed E-state index contributed by atoms with van der Waals surface area (Å²) in [5.74, 6) is 7.16. The topological polar surface area (TPSA) is 118 Å². The van der Waals surface area contributed by atoms with Crippen molar-refractivity contribution in [2.45, 2.75) is 25.4 Å². The molecule has 0 radical (unpaired) electrons. The third kappa shape index (κ3) is 6.03. The molecule has 4 heterocycles. The molecule has 1 atom stereocenters. The van der Waals surface area contributed by atoms with E-state index in [1.54, 1.807) is 35.1 Å². The first kappa shape index (κ1) is 26.0. The largest absolute Gasteiger partial charge is 0.346 e. The van der Waals surface area contributed by atoms with Gasteiger partial charge in [-0.2, -0.15) is 10.2 Å². The molecule has 206 valence electrons. The smallest absolute Gasteiger partial charge is 0.344 e. The van der Waals surface area contributed by atoms with Crippen LogP contribution in [0.5, 0.6) is 0 Å². The Labute approximate surface area is 237 Å². The van der Waals surface area contributed by atoms with Crippen LogP contribution in [0.25, 0.3) is 0 Å². The molecule has 2 aromatic heterocycles. The number of hydroxylamine groups is 2. The van der Waals surface area contributed by atoms with Crippen LogP contribution in [0.1, 0.15) is 34.8 Å². The van der Waals surface area contributed by atoms with Crippen molar-refractivity contribution < 1.29 is 14.4 Å². The van der Waals surface area contributed by atoms with Crippen molar-refractivity contribution in [3.63, 3.8) is 0 Å². The second-order valence-corrected chi connectivity index (χ2v) is 9.80. The molecule has 2 aliphatic rings. The third-order valence-electron chi connectivity index (χ3n) is 6.92. The Morgan fingerprint density at radius 1 is 1.02 bits per heavy atom. The Hall–Kier alpha value is -5.21. The van der Waals surface area contributed by atoms with Crippen molar-refractivity contribution in [3.8, 4) is 11.8 Å². The average Bonchev–Trinajstić information content (AvgIpc) is 3.61. The standard InChI is InChI=1S/C30H28N8O3/c1-36-14-12-25-17-27(35-37(25)20-28(36)39)34-29-31-18-22(19-32-29)11-10-21-6-5-9-24(16-21)33-30(40)38-26(13-15-41-38)23-7-3-2-4-8-23/h2-9,16-19,26H,12-15,20H2,1H3,(H,33,40)(H,31,32,34,35)/t26-/m0/s1. The average molecular weight is 549 g/mol. The van der Waals surface area contributed by atoms with Gasteiger partial charge in [0.15, 0.2) is 5.82 Å². The highest BCUT2D eigenvalue weighted by atomic mass is 16.7. The molecule has 2 aromatic carbocycles. The van der Waals surface area contributed by atoms with Crippen molar-refractivity contribution >= 4 is 29.4 Å². The number of hydrogen-bond donors (Lipinski definition) is 2. The van der Waals surface area contributed by atoms with Crippen LogP contribution >= 0.6 is 0 Å². The number of carbonyl (C=O) groups is 2. The number of anilines is 3. The molecule has 11 heteroatoms. The van der Waals surface area contributed by atoms with Crippen LogP contribution in [-0.2, 0) is 22.6 Å². The summed E-state index contributed by atoms with van der Waals surface area (Å²) in [6.07, 6.45) is 4.73. The van der Waals surface area contributed by atoms with Crippen molar-refractivity contribution in [2.75, 3.05) is 30.8 Å². The zero-order valence-corrected chi connectivity index (χ0v) is 22.4. The lowest BCUT2D eigenvalue weighted by atomic mass is 10.1. The molecule has 0 aliphatic carbocycles. The molecule has 0 spiro atoms. The van der Waals surface area contributed by atoms with E-state index < -0.39 is 0 Å². The highest BCUT2D eigenvalue weighted by Crippen LogP contribution is 2.30. The lowest BCUT2D eigenvalue weighted by Gasteiger charge is -2.23. The number of benzene rings is 2. The summed E-state index contributed by atoms with van der Waals surface area (Å²) in [6.45, 7) is 1.36. The molecule has 0 saturated carbocycles. The number of amides is 3. The van der Waals surface area contributed by atoms with Crippen molar-refractivity contribution in [3.05, 3.63) is 95.4 Å². The summed E-state index contributed by atoms with van der Waals surface area (Å²) in [4.78, 5) is 41.1. The number of hydrogen-bond acceptors (Lipinski definition) is 7. The molecule has 41 heavy (non-hydrogen) atoms. The normalized spacial score (nSPS) is 16.4. The summed E-state index contributed by atoms with van der Waals surface area (Å²) in [6, 6.07) is 18.6. The van der Waals surface area contributed by atoms with Gasteiger partial charge in [0.05, 0.1) is 18.2 Å². The molecule has 0 bridgehead atoms. The number of nitrogens with zero attached hydrogens (tertiary/aromatic N) is 6. The highest BCUT2D eigenvalue weighted by Gasteiger charge is 2.31. The monoisotopic (exact) mass is 548 g/mol. The summed E-state index contributed by atoms with van der Waals surface area (Å²) in [5, 5.41) is 11.9. The maximum absolute atomic E-state index is 13.0. The van der Waals surface area contributed by atoms with Crippen LogP contribution in [0.2, 0.25) is 0 Å². The van der Waals surface area contributed by atoms with Crippen LogP contribution in [0.3, 0.4) is 0 Å². The number of carbonyl (C=O) groups excluding carboxylic acids is 2. The van der Waals surface area contributed by atoms with Gasteiger partial charge < -0.3 is 15.5 Å². The highest BCUT2D eigenvalue weighted by molar-refractivity contribution is 5.89. The predicted molar refractivity (Wildman–Crippen MR) is 152 cm³/mol. The Kier molecular flexibility index (Phi) is 7.30. The molecular formula is C30H28N8O3. The summed E-state index contributed by atoms with van der Waals surface area (Å²) < 4.78 is 1.71. The van der Waals surface area contributed by atoms with Crippen molar-refractivity contribution in [1.29, 1.82) is 0 Å². The number of urea groups is 1. The summed E-state index contributed by atoms with van der Waals surface area (Å²) >= 11 is 0. The Bertz CT molecular complexity index is 1620. The fourth-order valence-corrected chi connectivity index (χ4v) is 4.73. The molecule has 2 N–H and O–H groups in total. The molecule has 4 aromatic rings. The van der Waals surface area contributed by atoms with Gasteiger partial charge in [0.2, 0.25) is 11.9 Å². The fourth-order valence-electron chi connectivity index (χ4n) is 4.73. The van der Waals surface area contributed by atoms with Gasteiger partial charge in [-0.1, -0.05) is 48.2 Å². The van der Waals surface area contributed by atoms with Gasteiger partial charge in [-0.25, -0.2) is 14.8 Å². The first-order valence-corrected chi connectivity index (χ1v) is 13.3. The number of rotatable bonds is 4. The maximum atomic E-state index is 13.0. The zero-order valence-electron chi connectivity index (χ0n) is 22.4. The minimum absolute atomic E-state index is 0.0304. The van der Waals surface area contributed by atoms with Gasteiger partial charge in [-0.05, 0) is 23.8 Å². The first-order chi connectivity index (χ1) is 20.0. The van der Waals surface area contributed by atoms with E-state index in [0.29, 0.717) is 36.2 Å². The minimum atomic E-state index is -0.328. The van der Waals surface area contributed by atoms with E-state index >= 15 is 0 Å². The van der Waals surface area contributed by atoms with E-state index in [1.165, 1.54) is 5.06 Å². The van der Waals surface area contributed by atoms with E-state index in [2.05, 4.69) is 37.5 Å².